The number of nitrogens with one attached hydrogen (secondary N) is 2. The first-order valence-corrected chi connectivity index (χ1v) is 8.89. The third-order valence-electron chi connectivity index (χ3n) is 2.88. The third-order valence-corrected chi connectivity index (χ3v) is 5.52. The van der Waals surface area contributed by atoms with Crippen LogP contribution in [0.15, 0.2) is 28.0 Å². The van der Waals surface area contributed by atoms with E-state index in [9.17, 15) is 13.2 Å². The number of benzene rings is 1. The van der Waals surface area contributed by atoms with Crippen LogP contribution < -0.4 is 10.0 Å². The fraction of sp³-hybridized carbons (Fsp3) is 0.462. The molecule has 0 saturated carbocycles. The molecule has 0 radical (unpaired) electrons. The lowest BCUT2D eigenvalue weighted by Gasteiger charge is -2.10. The van der Waals surface area contributed by atoms with Crippen LogP contribution in [0, 0.1) is 0 Å². The number of anilines is 1. The van der Waals surface area contributed by atoms with Gasteiger partial charge in [-0.25, -0.2) is 13.1 Å². The number of carbonyl (C=O) groups is 1. The summed E-state index contributed by atoms with van der Waals surface area (Å²) in [4.78, 5) is 12.8. The minimum atomic E-state index is -3.51. The summed E-state index contributed by atoms with van der Waals surface area (Å²) in [5, 5.41) is 2.95. The van der Waals surface area contributed by atoms with Gasteiger partial charge in [0.1, 0.15) is 0 Å². The van der Waals surface area contributed by atoms with Crippen molar-refractivity contribution in [3.05, 3.63) is 18.2 Å². The van der Waals surface area contributed by atoms with E-state index in [1.165, 1.54) is 6.07 Å². The molecule has 1 amide bonds. The molecule has 1 atom stereocenters. The lowest BCUT2D eigenvalue weighted by molar-refractivity contribution is -0.116. The van der Waals surface area contributed by atoms with Crippen LogP contribution in [0.3, 0.4) is 0 Å². The number of amides is 1. The van der Waals surface area contributed by atoms with Gasteiger partial charge in [0, 0.05) is 23.1 Å². The Labute approximate surface area is 123 Å². The molecule has 5 nitrogen and oxygen atoms in total. The Morgan fingerprint density at radius 1 is 1.45 bits per heavy atom. The molecule has 7 heteroatoms. The third kappa shape index (κ3) is 3.53. The molecule has 1 aromatic carbocycles. The molecule has 2 N–H and O–H groups in total. The average Bonchev–Trinajstić information content (AvgIpc) is 2.51. The number of carbonyl (C=O) groups excluding carboxylic acids is 1. The summed E-state index contributed by atoms with van der Waals surface area (Å²) >= 11 is 1.58. The van der Waals surface area contributed by atoms with Crippen molar-refractivity contribution >= 4 is 33.4 Å². The zero-order valence-electron chi connectivity index (χ0n) is 11.5. The highest BCUT2D eigenvalue weighted by Crippen LogP contribution is 2.36. The van der Waals surface area contributed by atoms with Crippen LogP contribution in [0.25, 0.3) is 0 Å². The van der Waals surface area contributed by atoms with Gasteiger partial charge in [0.25, 0.3) is 0 Å². The fourth-order valence-electron chi connectivity index (χ4n) is 1.92. The van der Waals surface area contributed by atoms with Gasteiger partial charge < -0.3 is 5.32 Å². The maximum absolute atomic E-state index is 12.1. The summed E-state index contributed by atoms with van der Waals surface area (Å²) in [5.41, 5.74) is 0.573. The second kappa shape index (κ2) is 6.15. The Hall–Kier alpha value is -1.05. The van der Waals surface area contributed by atoms with Crippen molar-refractivity contribution in [2.45, 2.75) is 41.7 Å². The summed E-state index contributed by atoms with van der Waals surface area (Å²) in [7, 11) is -3.51. The van der Waals surface area contributed by atoms with Gasteiger partial charge in [0.05, 0.1) is 10.6 Å². The quantitative estimate of drug-likeness (QED) is 0.893. The number of sulfonamides is 1. The average molecular weight is 314 g/mol. The lowest BCUT2D eigenvalue weighted by Crippen LogP contribution is -2.24. The van der Waals surface area contributed by atoms with E-state index >= 15 is 0 Å². The number of hydrogen-bond acceptors (Lipinski definition) is 4. The fourth-order valence-corrected chi connectivity index (χ4v) is 4.13. The van der Waals surface area contributed by atoms with Crippen LogP contribution >= 0.6 is 11.8 Å². The zero-order chi connectivity index (χ0) is 14.8. The van der Waals surface area contributed by atoms with Crippen LogP contribution in [0.2, 0.25) is 0 Å². The Bertz CT molecular complexity index is 614. The summed E-state index contributed by atoms with van der Waals surface area (Å²) in [6.07, 6.45) is 1.16. The maximum Gasteiger partial charge on any atom is 0.240 e. The largest absolute Gasteiger partial charge is 0.325 e. The normalized spacial score (nSPS) is 19.1. The molecule has 0 aromatic heterocycles. The first-order valence-electron chi connectivity index (χ1n) is 6.52. The predicted molar refractivity (Wildman–Crippen MR) is 80.5 cm³/mol. The molecule has 0 fully saturated rings. The molecule has 1 aliphatic rings. The Kier molecular flexibility index (Phi) is 4.72. The minimum absolute atomic E-state index is 0.0835. The summed E-state index contributed by atoms with van der Waals surface area (Å²) in [6, 6.07) is 4.85. The first kappa shape index (κ1) is 15.3. The number of fused-ring (bicyclic) bond motifs is 1. The van der Waals surface area contributed by atoms with Crippen molar-refractivity contribution in [1.82, 2.24) is 4.72 Å². The molecule has 2 rings (SSSR count). The van der Waals surface area contributed by atoms with E-state index in [0.29, 0.717) is 18.7 Å². The van der Waals surface area contributed by atoms with Gasteiger partial charge in [-0.2, -0.15) is 0 Å². The topological polar surface area (TPSA) is 75.3 Å². The molecule has 0 unspecified atom stereocenters. The van der Waals surface area contributed by atoms with Crippen LogP contribution in [-0.2, 0) is 14.8 Å². The molecule has 0 saturated heterocycles. The van der Waals surface area contributed by atoms with Crippen molar-refractivity contribution in [3.8, 4) is 0 Å². The monoisotopic (exact) mass is 314 g/mol. The smallest absolute Gasteiger partial charge is 0.240 e. The SMILES string of the molecule is CCCNS(=O)(=O)c1ccc2c(c1)NC(=O)C[C@@H](C)S2. The van der Waals surface area contributed by atoms with Crippen LogP contribution in [0.5, 0.6) is 0 Å². The van der Waals surface area contributed by atoms with Gasteiger partial charge in [-0.05, 0) is 24.6 Å². The Balaban J connectivity index is 2.34. The van der Waals surface area contributed by atoms with E-state index < -0.39 is 10.0 Å². The first-order chi connectivity index (χ1) is 9.42. The highest BCUT2D eigenvalue weighted by molar-refractivity contribution is 8.00. The van der Waals surface area contributed by atoms with Crippen LogP contribution in [-0.4, -0.2) is 26.1 Å². The van der Waals surface area contributed by atoms with Crippen molar-refractivity contribution in [2.75, 3.05) is 11.9 Å². The van der Waals surface area contributed by atoms with Gasteiger partial charge in [-0.15, -0.1) is 11.8 Å². The molecule has 1 aliphatic heterocycles. The van der Waals surface area contributed by atoms with Gasteiger partial charge in [-0.3, -0.25) is 4.79 Å². The van der Waals surface area contributed by atoms with E-state index in [0.717, 1.165) is 11.3 Å². The van der Waals surface area contributed by atoms with Crippen LogP contribution in [0.4, 0.5) is 5.69 Å². The molecule has 0 bridgehead atoms. The molecule has 1 aromatic rings. The van der Waals surface area contributed by atoms with Crippen molar-refractivity contribution in [1.29, 1.82) is 0 Å². The van der Waals surface area contributed by atoms with Gasteiger partial charge >= 0.3 is 0 Å². The van der Waals surface area contributed by atoms with Crippen molar-refractivity contribution < 1.29 is 13.2 Å². The highest BCUT2D eigenvalue weighted by Gasteiger charge is 2.21. The molecular formula is C13H18N2O3S2. The number of rotatable bonds is 4. The van der Waals surface area contributed by atoms with E-state index in [-0.39, 0.29) is 16.1 Å². The van der Waals surface area contributed by atoms with E-state index in [2.05, 4.69) is 10.0 Å². The summed E-state index contributed by atoms with van der Waals surface area (Å²) in [6.45, 7) is 4.28. The number of thioether (sulfide) groups is 1. The van der Waals surface area contributed by atoms with Gasteiger partial charge in [-0.1, -0.05) is 13.8 Å². The predicted octanol–water partition coefficient (Wildman–Crippen LogP) is 2.20. The molecule has 110 valence electrons. The second-order valence-electron chi connectivity index (χ2n) is 4.74. The van der Waals surface area contributed by atoms with Crippen molar-refractivity contribution in [3.63, 3.8) is 0 Å². The van der Waals surface area contributed by atoms with Gasteiger partial charge in [0.15, 0.2) is 0 Å². The maximum atomic E-state index is 12.1. The summed E-state index contributed by atoms with van der Waals surface area (Å²) in [5.74, 6) is -0.0835. The van der Waals surface area contributed by atoms with E-state index in [1.807, 2.05) is 13.8 Å². The Morgan fingerprint density at radius 2 is 2.20 bits per heavy atom. The lowest BCUT2D eigenvalue weighted by atomic mass is 10.3. The molecular weight excluding hydrogens is 296 g/mol. The number of hydrogen-bond donors (Lipinski definition) is 2. The molecule has 0 aliphatic carbocycles. The second-order valence-corrected chi connectivity index (χ2v) is 7.98. The van der Waals surface area contributed by atoms with Crippen LogP contribution in [0.1, 0.15) is 26.7 Å². The molecule has 1 heterocycles. The molecule has 20 heavy (non-hydrogen) atoms. The van der Waals surface area contributed by atoms with E-state index in [1.54, 1.807) is 23.9 Å². The minimum Gasteiger partial charge on any atom is -0.325 e. The summed E-state index contributed by atoms with van der Waals surface area (Å²) < 4.78 is 26.7. The van der Waals surface area contributed by atoms with Crippen molar-refractivity contribution in [2.24, 2.45) is 0 Å². The van der Waals surface area contributed by atoms with Gasteiger partial charge in [0.2, 0.25) is 15.9 Å². The standard InChI is InChI=1S/C13H18N2O3S2/c1-3-6-14-20(17,18)10-4-5-12-11(8-10)15-13(16)7-9(2)19-12/h4-5,8-9,14H,3,6-7H2,1-2H3,(H,15,16)/t9-/m1/s1. The highest BCUT2D eigenvalue weighted by atomic mass is 32.2. The zero-order valence-corrected chi connectivity index (χ0v) is 13.1. The Morgan fingerprint density at radius 3 is 2.90 bits per heavy atom. The molecule has 0 spiro atoms. The van der Waals surface area contributed by atoms with E-state index in [4.69, 9.17) is 0 Å².